The monoisotopic (exact) mass is 243 g/mol. The summed E-state index contributed by atoms with van der Waals surface area (Å²) in [4.78, 5) is 13.5. The second kappa shape index (κ2) is 6.47. The molecule has 100 valence electrons. The number of morpholine rings is 1. The van der Waals surface area contributed by atoms with Crippen LogP contribution in [0.25, 0.3) is 0 Å². The van der Waals surface area contributed by atoms with Crippen LogP contribution >= 0.6 is 0 Å². The summed E-state index contributed by atoms with van der Waals surface area (Å²) in [6, 6.07) is 0. The molecule has 0 aliphatic carbocycles. The lowest BCUT2D eigenvalue weighted by atomic mass is 10.0. The summed E-state index contributed by atoms with van der Waals surface area (Å²) in [6.07, 6.45) is 2.10. The molecular weight excluding hydrogens is 218 g/mol. The summed E-state index contributed by atoms with van der Waals surface area (Å²) in [5, 5.41) is 9.19. The molecule has 1 rings (SSSR count). The van der Waals surface area contributed by atoms with Crippen molar-refractivity contribution in [3.05, 3.63) is 0 Å². The quantitative estimate of drug-likeness (QED) is 0.762. The maximum absolute atomic E-state index is 11.2. The van der Waals surface area contributed by atoms with Gasteiger partial charge in [0.1, 0.15) is 5.78 Å². The van der Waals surface area contributed by atoms with Gasteiger partial charge in [0.15, 0.2) is 0 Å². The van der Waals surface area contributed by atoms with Gasteiger partial charge in [-0.3, -0.25) is 9.69 Å². The number of carbonyl (C=O) groups excluding carboxylic acids is 1. The van der Waals surface area contributed by atoms with Gasteiger partial charge < -0.3 is 9.84 Å². The molecule has 17 heavy (non-hydrogen) atoms. The summed E-state index contributed by atoms with van der Waals surface area (Å²) in [5.74, 6) is 0.330. The molecule has 1 N–H and O–H groups in total. The van der Waals surface area contributed by atoms with Crippen molar-refractivity contribution in [3.8, 4) is 0 Å². The lowest BCUT2D eigenvalue weighted by Crippen LogP contribution is -2.53. The molecular formula is C13H25NO3. The van der Waals surface area contributed by atoms with E-state index in [1.807, 2.05) is 20.8 Å². The molecule has 0 aromatic carbocycles. The van der Waals surface area contributed by atoms with Crippen LogP contribution in [0.1, 0.15) is 40.0 Å². The predicted octanol–water partition coefficient (Wildman–Crippen LogP) is 1.22. The van der Waals surface area contributed by atoms with E-state index in [0.717, 1.165) is 26.1 Å². The number of nitrogens with zero attached hydrogens (tertiary/aromatic N) is 1. The highest BCUT2D eigenvalue weighted by Crippen LogP contribution is 2.21. The number of ketones is 1. The molecule has 0 saturated carbocycles. The third-order valence-electron chi connectivity index (χ3n) is 3.08. The van der Waals surface area contributed by atoms with Crippen LogP contribution in [-0.2, 0) is 9.53 Å². The van der Waals surface area contributed by atoms with Crippen molar-refractivity contribution >= 4 is 5.78 Å². The molecule has 1 saturated heterocycles. The van der Waals surface area contributed by atoms with Crippen LogP contribution in [0.5, 0.6) is 0 Å². The topological polar surface area (TPSA) is 49.8 Å². The molecule has 1 atom stereocenters. The summed E-state index contributed by atoms with van der Waals surface area (Å²) in [6.45, 7) is 8.59. The van der Waals surface area contributed by atoms with Gasteiger partial charge in [-0.25, -0.2) is 0 Å². The van der Waals surface area contributed by atoms with Crippen molar-refractivity contribution < 1.29 is 14.6 Å². The minimum Gasteiger partial charge on any atom is -0.394 e. The SMILES string of the molecule is CCC(=O)CCCN1CC(CO)OC(C)(C)C1. The van der Waals surface area contributed by atoms with E-state index in [2.05, 4.69) is 4.90 Å². The molecule has 4 heteroatoms. The normalized spacial score (nSPS) is 24.8. The molecule has 0 spiro atoms. The Bertz CT molecular complexity index is 253. The zero-order chi connectivity index (χ0) is 12.9. The number of hydrogen-bond acceptors (Lipinski definition) is 4. The molecule has 0 aromatic rings. The van der Waals surface area contributed by atoms with Crippen LogP contribution < -0.4 is 0 Å². The van der Waals surface area contributed by atoms with Gasteiger partial charge in [-0.15, -0.1) is 0 Å². The van der Waals surface area contributed by atoms with Gasteiger partial charge in [0.25, 0.3) is 0 Å². The van der Waals surface area contributed by atoms with E-state index in [0.29, 0.717) is 18.6 Å². The fourth-order valence-corrected chi connectivity index (χ4v) is 2.36. The standard InChI is InChI=1S/C13H25NO3/c1-4-11(16)6-5-7-14-8-12(9-15)17-13(2,3)10-14/h12,15H,4-10H2,1-3H3. The third-order valence-corrected chi connectivity index (χ3v) is 3.08. The number of hydrogen-bond donors (Lipinski definition) is 1. The Labute approximate surface area is 104 Å². The molecule has 1 aliphatic heterocycles. The van der Waals surface area contributed by atoms with Crippen LogP contribution in [0.4, 0.5) is 0 Å². The molecule has 1 fully saturated rings. The van der Waals surface area contributed by atoms with Gasteiger partial charge in [-0.1, -0.05) is 6.92 Å². The van der Waals surface area contributed by atoms with Gasteiger partial charge >= 0.3 is 0 Å². The Morgan fingerprint density at radius 1 is 1.53 bits per heavy atom. The van der Waals surface area contributed by atoms with Gasteiger partial charge in [-0.05, 0) is 26.8 Å². The van der Waals surface area contributed by atoms with E-state index in [9.17, 15) is 9.90 Å². The van der Waals surface area contributed by atoms with Crippen molar-refractivity contribution in [2.75, 3.05) is 26.2 Å². The maximum atomic E-state index is 11.2. The van der Waals surface area contributed by atoms with Crippen molar-refractivity contribution in [1.82, 2.24) is 4.90 Å². The first kappa shape index (κ1) is 14.6. The van der Waals surface area contributed by atoms with Crippen LogP contribution in [-0.4, -0.2) is 53.7 Å². The highest BCUT2D eigenvalue weighted by Gasteiger charge is 2.32. The fourth-order valence-electron chi connectivity index (χ4n) is 2.36. The lowest BCUT2D eigenvalue weighted by Gasteiger charge is -2.42. The fraction of sp³-hybridized carbons (Fsp3) is 0.923. The van der Waals surface area contributed by atoms with Crippen molar-refractivity contribution in [1.29, 1.82) is 0 Å². The minimum absolute atomic E-state index is 0.0633. The van der Waals surface area contributed by atoms with E-state index < -0.39 is 0 Å². The Morgan fingerprint density at radius 3 is 2.82 bits per heavy atom. The average molecular weight is 243 g/mol. The highest BCUT2D eigenvalue weighted by atomic mass is 16.5. The predicted molar refractivity (Wildman–Crippen MR) is 67.0 cm³/mol. The molecule has 1 heterocycles. The number of Topliss-reactive ketones (excluding diaryl/α,β-unsaturated/α-hetero) is 1. The molecule has 0 radical (unpaired) electrons. The van der Waals surface area contributed by atoms with E-state index in [4.69, 9.17) is 4.74 Å². The van der Waals surface area contributed by atoms with E-state index >= 15 is 0 Å². The Balaban J connectivity index is 2.34. The largest absolute Gasteiger partial charge is 0.394 e. The van der Waals surface area contributed by atoms with Gasteiger partial charge in [0.05, 0.1) is 18.3 Å². The minimum atomic E-state index is -0.208. The molecule has 1 aliphatic rings. The second-order valence-corrected chi connectivity index (χ2v) is 5.41. The van der Waals surface area contributed by atoms with Crippen LogP contribution in [0.3, 0.4) is 0 Å². The van der Waals surface area contributed by atoms with Crippen LogP contribution in [0.15, 0.2) is 0 Å². The zero-order valence-corrected chi connectivity index (χ0v) is 11.2. The molecule has 4 nitrogen and oxygen atoms in total. The highest BCUT2D eigenvalue weighted by molar-refractivity contribution is 5.77. The van der Waals surface area contributed by atoms with Crippen LogP contribution in [0.2, 0.25) is 0 Å². The molecule has 0 amide bonds. The van der Waals surface area contributed by atoms with Gasteiger partial charge in [0.2, 0.25) is 0 Å². The number of rotatable bonds is 6. The number of ether oxygens (including phenoxy) is 1. The van der Waals surface area contributed by atoms with Crippen molar-refractivity contribution in [3.63, 3.8) is 0 Å². The first-order valence-corrected chi connectivity index (χ1v) is 6.49. The molecule has 0 aromatic heterocycles. The summed E-state index contributed by atoms with van der Waals surface area (Å²) in [7, 11) is 0. The Morgan fingerprint density at radius 2 is 2.24 bits per heavy atom. The zero-order valence-electron chi connectivity index (χ0n) is 11.2. The number of aliphatic hydroxyl groups is 1. The van der Waals surface area contributed by atoms with E-state index in [1.54, 1.807) is 0 Å². The molecule has 0 bridgehead atoms. The van der Waals surface area contributed by atoms with Crippen LogP contribution in [0, 0.1) is 0 Å². The summed E-state index contributed by atoms with van der Waals surface area (Å²) in [5.41, 5.74) is -0.208. The average Bonchev–Trinajstić information content (AvgIpc) is 2.26. The number of aliphatic hydroxyl groups excluding tert-OH is 1. The number of carbonyl (C=O) groups is 1. The smallest absolute Gasteiger partial charge is 0.132 e. The van der Waals surface area contributed by atoms with E-state index in [-0.39, 0.29) is 18.3 Å². The Kier molecular flexibility index (Phi) is 5.56. The lowest BCUT2D eigenvalue weighted by molar-refractivity contribution is -0.149. The van der Waals surface area contributed by atoms with Crippen molar-refractivity contribution in [2.45, 2.75) is 51.7 Å². The Hall–Kier alpha value is -0.450. The van der Waals surface area contributed by atoms with Gasteiger partial charge in [-0.2, -0.15) is 0 Å². The first-order valence-electron chi connectivity index (χ1n) is 6.49. The summed E-state index contributed by atoms with van der Waals surface area (Å²) >= 11 is 0. The van der Waals surface area contributed by atoms with E-state index in [1.165, 1.54) is 0 Å². The summed E-state index contributed by atoms with van der Waals surface area (Å²) < 4.78 is 5.74. The first-order chi connectivity index (χ1) is 7.96. The van der Waals surface area contributed by atoms with Gasteiger partial charge in [0, 0.05) is 25.9 Å². The maximum Gasteiger partial charge on any atom is 0.132 e. The molecule has 1 unspecified atom stereocenters. The van der Waals surface area contributed by atoms with Crippen molar-refractivity contribution in [2.24, 2.45) is 0 Å². The third kappa shape index (κ3) is 5.15. The second-order valence-electron chi connectivity index (χ2n) is 5.41.